The summed E-state index contributed by atoms with van der Waals surface area (Å²) < 4.78 is 0. The molecule has 2 aromatic rings. The number of anilines is 1. The summed E-state index contributed by atoms with van der Waals surface area (Å²) in [6.45, 7) is 4.41. The summed E-state index contributed by atoms with van der Waals surface area (Å²) in [6.07, 6.45) is 6.24. The molecule has 2 aromatic heterocycles. The van der Waals surface area contributed by atoms with E-state index in [4.69, 9.17) is 5.73 Å². The first-order valence-corrected chi connectivity index (χ1v) is 5.69. The van der Waals surface area contributed by atoms with Crippen molar-refractivity contribution in [1.82, 2.24) is 9.97 Å². The SMILES string of the molecule is CC(C)(Cc1cccnc1N)c1ccncc1. The van der Waals surface area contributed by atoms with Gasteiger partial charge in [-0.2, -0.15) is 0 Å². The van der Waals surface area contributed by atoms with Crippen LogP contribution < -0.4 is 5.73 Å². The largest absolute Gasteiger partial charge is 0.383 e. The summed E-state index contributed by atoms with van der Waals surface area (Å²) in [5.74, 6) is 0.620. The number of nitrogens with two attached hydrogens (primary N) is 1. The molecule has 2 rings (SSSR count). The molecule has 3 nitrogen and oxygen atoms in total. The quantitative estimate of drug-likeness (QED) is 0.876. The summed E-state index contributed by atoms with van der Waals surface area (Å²) in [5, 5.41) is 0. The fourth-order valence-electron chi connectivity index (χ4n) is 1.98. The highest BCUT2D eigenvalue weighted by Gasteiger charge is 2.22. The number of nitrogens with zero attached hydrogens (tertiary/aromatic N) is 2. The topological polar surface area (TPSA) is 51.8 Å². The second kappa shape index (κ2) is 4.53. The number of rotatable bonds is 3. The summed E-state index contributed by atoms with van der Waals surface area (Å²) in [6, 6.07) is 8.05. The van der Waals surface area contributed by atoms with E-state index in [0.29, 0.717) is 5.82 Å². The fourth-order valence-corrected chi connectivity index (χ4v) is 1.98. The van der Waals surface area contributed by atoms with Crippen molar-refractivity contribution in [3.63, 3.8) is 0 Å². The van der Waals surface area contributed by atoms with Crippen LogP contribution in [0.25, 0.3) is 0 Å². The Labute approximate surface area is 102 Å². The number of nitrogen functional groups attached to an aromatic ring is 1. The molecular weight excluding hydrogens is 210 g/mol. The molecule has 0 unspecified atom stereocenters. The van der Waals surface area contributed by atoms with Gasteiger partial charge in [0.15, 0.2) is 0 Å². The summed E-state index contributed by atoms with van der Waals surface area (Å²) in [7, 11) is 0. The molecule has 0 aliphatic rings. The second-order valence-corrected chi connectivity index (χ2v) is 4.84. The van der Waals surface area contributed by atoms with Crippen LogP contribution in [0.4, 0.5) is 5.82 Å². The molecule has 0 amide bonds. The van der Waals surface area contributed by atoms with Crippen molar-refractivity contribution in [2.45, 2.75) is 25.7 Å². The molecule has 0 bridgehead atoms. The van der Waals surface area contributed by atoms with Gasteiger partial charge in [-0.1, -0.05) is 19.9 Å². The molecule has 0 saturated carbocycles. The van der Waals surface area contributed by atoms with Gasteiger partial charge in [-0.15, -0.1) is 0 Å². The van der Waals surface area contributed by atoms with Crippen molar-refractivity contribution < 1.29 is 0 Å². The van der Waals surface area contributed by atoms with Crippen molar-refractivity contribution in [1.29, 1.82) is 0 Å². The minimum absolute atomic E-state index is 0.0279. The Morgan fingerprint density at radius 3 is 2.47 bits per heavy atom. The minimum Gasteiger partial charge on any atom is -0.383 e. The van der Waals surface area contributed by atoms with E-state index in [1.807, 2.05) is 36.7 Å². The first-order chi connectivity index (χ1) is 8.09. The first kappa shape index (κ1) is 11.6. The predicted octanol–water partition coefficient (Wildman–Crippen LogP) is 2.58. The zero-order valence-corrected chi connectivity index (χ0v) is 10.2. The lowest BCUT2D eigenvalue weighted by atomic mass is 9.80. The molecule has 0 fully saturated rings. The average Bonchev–Trinajstić information content (AvgIpc) is 2.33. The van der Waals surface area contributed by atoms with Crippen LogP contribution in [-0.4, -0.2) is 9.97 Å². The standard InChI is InChI=1S/C14H17N3/c1-14(2,12-5-8-16-9-6-12)10-11-4-3-7-17-13(11)15/h3-9H,10H2,1-2H3,(H2,15,17). The van der Waals surface area contributed by atoms with Crippen LogP contribution in [0.3, 0.4) is 0 Å². The third-order valence-electron chi connectivity index (χ3n) is 3.02. The number of pyridine rings is 2. The molecule has 0 saturated heterocycles. The van der Waals surface area contributed by atoms with Crippen molar-refractivity contribution >= 4 is 5.82 Å². The van der Waals surface area contributed by atoms with Crippen molar-refractivity contribution in [3.8, 4) is 0 Å². The van der Waals surface area contributed by atoms with Gasteiger partial charge >= 0.3 is 0 Å². The van der Waals surface area contributed by atoms with Crippen LogP contribution >= 0.6 is 0 Å². The van der Waals surface area contributed by atoms with E-state index >= 15 is 0 Å². The highest BCUT2D eigenvalue weighted by Crippen LogP contribution is 2.28. The first-order valence-electron chi connectivity index (χ1n) is 5.69. The average molecular weight is 227 g/mol. The van der Waals surface area contributed by atoms with Crippen molar-refractivity contribution in [2.24, 2.45) is 0 Å². The lowest BCUT2D eigenvalue weighted by Crippen LogP contribution is -2.21. The van der Waals surface area contributed by atoms with Gasteiger partial charge in [0.1, 0.15) is 5.82 Å². The maximum absolute atomic E-state index is 5.88. The monoisotopic (exact) mass is 227 g/mol. The fraction of sp³-hybridized carbons (Fsp3) is 0.286. The van der Waals surface area contributed by atoms with Crippen molar-refractivity contribution in [3.05, 3.63) is 54.0 Å². The van der Waals surface area contributed by atoms with Gasteiger partial charge in [-0.25, -0.2) is 4.98 Å². The van der Waals surface area contributed by atoms with Crippen LogP contribution in [-0.2, 0) is 11.8 Å². The molecular formula is C14H17N3. The third kappa shape index (κ3) is 2.61. The molecule has 0 aromatic carbocycles. The summed E-state index contributed by atoms with van der Waals surface area (Å²) in [4.78, 5) is 8.17. The van der Waals surface area contributed by atoms with E-state index in [-0.39, 0.29) is 5.41 Å². The Bertz CT molecular complexity index is 492. The van der Waals surface area contributed by atoms with E-state index in [2.05, 4.69) is 23.8 Å². The van der Waals surface area contributed by atoms with E-state index in [1.165, 1.54) is 5.56 Å². The molecule has 3 heteroatoms. The maximum Gasteiger partial charge on any atom is 0.126 e. The maximum atomic E-state index is 5.88. The van der Waals surface area contributed by atoms with E-state index in [9.17, 15) is 0 Å². The Balaban J connectivity index is 2.27. The van der Waals surface area contributed by atoms with Crippen LogP contribution in [0.2, 0.25) is 0 Å². The molecule has 17 heavy (non-hydrogen) atoms. The number of aromatic nitrogens is 2. The van der Waals surface area contributed by atoms with Crippen LogP contribution in [0.1, 0.15) is 25.0 Å². The van der Waals surface area contributed by atoms with Crippen molar-refractivity contribution in [2.75, 3.05) is 5.73 Å². The highest BCUT2D eigenvalue weighted by atomic mass is 14.8. The van der Waals surface area contributed by atoms with E-state index in [1.54, 1.807) is 6.20 Å². The zero-order chi connectivity index (χ0) is 12.3. The minimum atomic E-state index is 0.0279. The van der Waals surface area contributed by atoms with Gasteiger partial charge in [0.2, 0.25) is 0 Å². The molecule has 0 aliphatic carbocycles. The Morgan fingerprint density at radius 1 is 1.12 bits per heavy atom. The van der Waals surface area contributed by atoms with Gasteiger partial charge in [-0.3, -0.25) is 4.98 Å². The summed E-state index contributed by atoms with van der Waals surface area (Å²) in [5.41, 5.74) is 8.26. The van der Waals surface area contributed by atoms with E-state index in [0.717, 1.165) is 12.0 Å². The molecule has 0 aliphatic heterocycles. The van der Waals surface area contributed by atoms with Crippen LogP contribution in [0.5, 0.6) is 0 Å². The Morgan fingerprint density at radius 2 is 1.82 bits per heavy atom. The van der Waals surface area contributed by atoms with Gasteiger partial charge in [0.25, 0.3) is 0 Å². The predicted molar refractivity (Wildman–Crippen MR) is 69.6 cm³/mol. The summed E-state index contributed by atoms with van der Waals surface area (Å²) >= 11 is 0. The molecule has 2 N–H and O–H groups in total. The number of hydrogen-bond acceptors (Lipinski definition) is 3. The normalized spacial score (nSPS) is 11.4. The molecule has 0 spiro atoms. The van der Waals surface area contributed by atoms with Gasteiger partial charge in [0.05, 0.1) is 0 Å². The Kier molecular flexibility index (Phi) is 3.09. The zero-order valence-electron chi connectivity index (χ0n) is 10.2. The molecule has 2 heterocycles. The molecule has 0 radical (unpaired) electrons. The third-order valence-corrected chi connectivity index (χ3v) is 3.02. The van der Waals surface area contributed by atoms with Crippen LogP contribution in [0.15, 0.2) is 42.9 Å². The highest BCUT2D eigenvalue weighted by molar-refractivity contribution is 5.40. The lowest BCUT2D eigenvalue weighted by Gasteiger charge is -2.25. The van der Waals surface area contributed by atoms with E-state index < -0.39 is 0 Å². The smallest absolute Gasteiger partial charge is 0.126 e. The second-order valence-electron chi connectivity index (χ2n) is 4.84. The van der Waals surface area contributed by atoms with Gasteiger partial charge < -0.3 is 5.73 Å². The molecule has 88 valence electrons. The molecule has 0 atom stereocenters. The lowest BCUT2D eigenvalue weighted by molar-refractivity contribution is 0.522. The Hall–Kier alpha value is -1.90. The number of hydrogen-bond donors (Lipinski definition) is 1. The van der Waals surface area contributed by atoms with Crippen LogP contribution in [0, 0.1) is 0 Å². The van der Waals surface area contributed by atoms with Gasteiger partial charge in [-0.05, 0) is 41.2 Å². The van der Waals surface area contributed by atoms with Gasteiger partial charge in [0, 0.05) is 18.6 Å².